The van der Waals surface area contributed by atoms with Crippen molar-refractivity contribution in [1.82, 2.24) is 0 Å². The van der Waals surface area contributed by atoms with Gasteiger partial charge in [-0.25, -0.2) is 4.79 Å². The van der Waals surface area contributed by atoms with Crippen molar-refractivity contribution in [3.05, 3.63) is 35.4 Å². The smallest absolute Gasteiger partial charge is 0.387 e. The predicted molar refractivity (Wildman–Crippen MR) is 68.9 cm³/mol. The van der Waals surface area contributed by atoms with E-state index in [0.29, 0.717) is 5.56 Å². The minimum atomic E-state index is -2.93. The number of halogens is 2. The molecule has 6 heteroatoms. The summed E-state index contributed by atoms with van der Waals surface area (Å²) in [5, 5.41) is 0. The highest BCUT2D eigenvalue weighted by atomic mass is 19.3. The Hall–Kier alpha value is -2.11. The van der Waals surface area contributed by atoms with Crippen molar-refractivity contribution >= 4 is 5.97 Å². The van der Waals surface area contributed by atoms with E-state index in [1.165, 1.54) is 31.4 Å². The third-order valence-electron chi connectivity index (χ3n) is 2.23. The second-order valence-corrected chi connectivity index (χ2v) is 4.19. The quantitative estimate of drug-likeness (QED) is 0.594. The summed E-state index contributed by atoms with van der Waals surface area (Å²) in [4.78, 5) is 11.3. The molecule has 0 aromatic heterocycles. The fourth-order valence-electron chi connectivity index (χ4n) is 1.43. The van der Waals surface area contributed by atoms with E-state index >= 15 is 0 Å². The standard InChI is InChI=1S/C14H16F2O4/c1-9(2)6-13(17)19-8-10-4-5-11(20-14(15)16)12(7-10)18-3/h4-7,14H,8H2,1-3H3. The molecule has 0 unspecified atom stereocenters. The fourth-order valence-corrected chi connectivity index (χ4v) is 1.43. The molecule has 0 amide bonds. The van der Waals surface area contributed by atoms with Crippen LogP contribution >= 0.6 is 0 Å². The normalized spacial score (nSPS) is 10.1. The van der Waals surface area contributed by atoms with Crippen molar-refractivity contribution in [2.45, 2.75) is 27.1 Å². The number of methoxy groups -OCH3 is 1. The van der Waals surface area contributed by atoms with Crippen LogP contribution in [-0.2, 0) is 16.1 Å². The zero-order chi connectivity index (χ0) is 15.1. The summed E-state index contributed by atoms with van der Waals surface area (Å²) in [7, 11) is 1.34. The number of ether oxygens (including phenoxy) is 3. The number of carbonyl (C=O) groups is 1. The van der Waals surface area contributed by atoms with Crippen LogP contribution in [0.4, 0.5) is 8.78 Å². The fraction of sp³-hybridized carbons (Fsp3) is 0.357. The van der Waals surface area contributed by atoms with Gasteiger partial charge in [0.15, 0.2) is 11.5 Å². The average molecular weight is 286 g/mol. The summed E-state index contributed by atoms with van der Waals surface area (Å²) in [5.41, 5.74) is 1.44. The minimum Gasteiger partial charge on any atom is -0.493 e. The van der Waals surface area contributed by atoms with Gasteiger partial charge < -0.3 is 14.2 Å². The molecule has 0 aliphatic rings. The summed E-state index contributed by atoms with van der Waals surface area (Å²) < 4.78 is 38.6. The summed E-state index contributed by atoms with van der Waals surface area (Å²) in [5.74, 6) is -0.375. The van der Waals surface area contributed by atoms with Gasteiger partial charge in [-0.3, -0.25) is 0 Å². The van der Waals surface area contributed by atoms with Crippen molar-refractivity contribution in [2.75, 3.05) is 7.11 Å². The molecule has 0 heterocycles. The molecule has 1 rings (SSSR count). The molecule has 0 bridgehead atoms. The van der Waals surface area contributed by atoms with Crippen LogP contribution in [0.2, 0.25) is 0 Å². The Morgan fingerprint density at radius 2 is 2.00 bits per heavy atom. The maximum Gasteiger partial charge on any atom is 0.387 e. The van der Waals surface area contributed by atoms with Crippen LogP contribution < -0.4 is 9.47 Å². The van der Waals surface area contributed by atoms with Gasteiger partial charge in [0.2, 0.25) is 0 Å². The average Bonchev–Trinajstić information content (AvgIpc) is 2.36. The van der Waals surface area contributed by atoms with E-state index in [1.54, 1.807) is 13.8 Å². The van der Waals surface area contributed by atoms with Crippen LogP contribution in [0, 0.1) is 0 Å². The molecule has 110 valence electrons. The Morgan fingerprint density at radius 3 is 2.55 bits per heavy atom. The van der Waals surface area contributed by atoms with Crippen molar-refractivity contribution in [2.24, 2.45) is 0 Å². The molecule has 0 aliphatic carbocycles. The van der Waals surface area contributed by atoms with Gasteiger partial charge in [-0.1, -0.05) is 11.6 Å². The van der Waals surface area contributed by atoms with Gasteiger partial charge in [0.05, 0.1) is 7.11 Å². The Bertz CT molecular complexity index is 494. The molecule has 4 nitrogen and oxygen atoms in total. The highest BCUT2D eigenvalue weighted by Crippen LogP contribution is 2.29. The van der Waals surface area contributed by atoms with E-state index in [0.717, 1.165) is 5.57 Å². The number of hydrogen-bond donors (Lipinski definition) is 0. The van der Waals surface area contributed by atoms with Crippen molar-refractivity contribution < 1.29 is 27.8 Å². The summed E-state index contributed by atoms with van der Waals surface area (Å²) in [6.07, 6.45) is 1.37. The van der Waals surface area contributed by atoms with Gasteiger partial charge in [0.1, 0.15) is 6.61 Å². The number of esters is 1. The maximum atomic E-state index is 12.2. The van der Waals surface area contributed by atoms with E-state index in [-0.39, 0.29) is 18.1 Å². The largest absolute Gasteiger partial charge is 0.493 e. The number of carbonyl (C=O) groups excluding carboxylic acids is 1. The Labute approximate surface area is 115 Å². The maximum absolute atomic E-state index is 12.2. The summed E-state index contributed by atoms with van der Waals surface area (Å²) in [6.45, 7) is 0.653. The minimum absolute atomic E-state index is 0.0218. The molecular formula is C14H16F2O4. The van der Waals surface area contributed by atoms with E-state index in [4.69, 9.17) is 9.47 Å². The van der Waals surface area contributed by atoms with E-state index < -0.39 is 12.6 Å². The summed E-state index contributed by atoms with van der Waals surface area (Å²) in [6, 6.07) is 4.35. The predicted octanol–water partition coefficient (Wildman–Crippen LogP) is 3.31. The molecular weight excluding hydrogens is 270 g/mol. The van der Waals surface area contributed by atoms with Crippen molar-refractivity contribution in [1.29, 1.82) is 0 Å². The zero-order valence-electron chi connectivity index (χ0n) is 11.5. The van der Waals surface area contributed by atoms with E-state index in [2.05, 4.69) is 4.74 Å². The lowest BCUT2D eigenvalue weighted by Gasteiger charge is -2.11. The van der Waals surface area contributed by atoms with Gasteiger partial charge in [0.25, 0.3) is 0 Å². The molecule has 0 radical (unpaired) electrons. The molecule has 0 aliphatic heterocycles. The highest BCUT2D eigenvalue weighted by molar-refractivity contribution is 5.82. The van der Waals surface area contributed by atoms with E-state index in [1.807, 2.05) is 0 Å². The molecule has 0 atom stereocenters. The number of rotatable bonds is 6. The number of allylic oxidation sites excluding steroid dienone is 1. The zero-order valence-corrected chi connectivity index (χ0v) is 11.5. The number of alkyl halides is 2. The third kappa shape index (κ3) is 5.26. The SMILES string of the molecule is COc1cc(COC(=O)C=C(C)C)ccc1OC(F)F. The first-order valence-corrected chi connectivity index (χ1v) is 5.85. The molecule has 0 fully saturated rings. The van der Waals surface area contributed by atoms with Gasteiger partial charge >= 0.3 is 12.6 Å². The molecule has 0 saturated heterocycles. The Morgan fingerprint density at radius 1 is 1.30 bits per heavy atom. The highest BCUT2D eigenvalue weighted by Gasteiger charge is 2.11. The second-order valence-electron chi connectivity index (χ2n) is 4.19. The van der Waals surface area contributed by atoms with Gasteiger partial charge in [-0.05, 0) is 31.5 Å². The molecule has 0 N–H and O–H groups in total. The molecule has 20 heavy (non-hydrogen) atoms. The lowest BCUT2D eigenvalue weighted by Crippen LogP contribution is -2.05. The molecule has 1 aromatic carbocycles. The van der Waals surface area contributed by atoms with Gasteiger partial charge in [-0.2, -0.15) is 8.78 Å². The first kappa shape index (κ1) is 15.9. The molecule has 0 spiro atoms. The topological polar surface area (TPSA) is 44.8 Å². The van der Waals surface area contributed by atoms with Crippen molar-refractivity contribution in [3.63, 3.8) is 0 Å². The first-order valence-electron chi connectivity index (χ1n) is 5.85. The second kappa shape index (κ2) is 7.47. The van der Waals surface area contributed by atoms with Crippen LogP contribution in [0.3, 0.4) is 0 Å². The van der Waals surface area contributed by atoms with Crippen LogP contribution in [0.25, 0.3) is 0 Å². The van der Waals surface area contributed by atoms with E-state index in [9.17, 15) is 13.6 Å². The lowest BCUT2D eigenvalue weighted by molar-refractivity contribution is -0.139. The van der Waals surface area contributed by atoms with Crippen LogP contribution in [-0.4, -0.2) is 19.7 Å². The molecule has 0 saturated carbocycles. The first-order chi connectivity index (χ1) is 9.42. The lowest BCUT2D eigenvalue weighted by atomic mass is 10.2. The van der Waals surface area contributed by atoms with Gasteiger partial charge in [0, 0.05) is 6.08 Å². The number of benzene rings is 1. The van der Waals surface area contributed by atoms with Crippen LogP contribution in [0.5, 0.6) is 11.5 Å². The monoisotopic (exact) mass is 286 g/mol. The Balaban J connectivity index is 2.73. The third-order valence-corrected chi connectivity index (χ3v) is 2.23. The number of hydrogen-bond acceptors (Lipinski definition) is 4. The molecule has 1 aromatic rings. The Kier molecular flexibility index (Phi) is 5.96. The summed E-state index contributed by atoms with van der Waals surface area (Å²) >= 11 is 0. The van der Waals surface area contributed by atoms with Crippen LogP contribution in [0.1, 0.15) is 19.4 Å². The van der Waals surface area contributed by atoms with Crippen LogP contribution in [0.15, 0.2) is 29.8 Å². The van der Waals surface area contributed by atoms with Gasteiger partial charge in [-0.15, -0.1) is 0 Å². The van der Waals surface area contributed by atoms with Crippen molar-refractivity contribution in [3.8, 4) is 11.5 Å².